The van der Waals surface area contributed by atoms with Crippen molar-refractivity contribution in [3.63, 3.8) is 0 Å². The van der Waals surface area contributed by atoms with Gasteiger partial charge in [-0.2, -0.15) is 9.28 Å². The van der Waals surface area contributed by atoms with E-state index in [-0.39, 0.29) is 4.48 Å². The number of nitrogens with two attached hydrogens (primary N) is 1. The summed E-state index contributed by atoms with van der Waals surface area (Å²) in [5.74, 6) is 0.660. The Balaban J connectivity index is 2.02. The average Bonchev–Trinajstić information content (AvgIpc) is 3.09. The number of carboxylic acid groups (broad SMARTS) is 1. The molecule has 5 heteroatoms. The van der Waals surface area contributed by atoms with Gasteiger partial charge in [-0.3, -0.25) is 0 Å². The molecule has 0 aromatic carbocycles. The number of quaternary nitrogens is 1. The minimum atomic E-state index is -0.840. The molecule has 1 heterocycles. The maximum atomic E-state index is 11.7. The van der Waals surface area contributed by atoms with Crippen LogP contribution in [0.25, 0.3) is 0 Å². The van der Waals surface area contributed by atoms with Crippen LogP contribution in [0.3, 0.4) is 0 Å². The van der Waals surface area contributed by atoms with Crippen LogP contribution < -0.4 is 5.73 Å². The van der Waals surface area contributed by atoms with E-state index in [9.17, 15) is 9.90 Å². The monoisotopic (exact) mass is 394 g/mol. The van der Waals surface area contributed by atoms with Crippen molar-refractivity contribution < 1.29 is 14.4 Å². The van der Waals surface area contributed by atoms with Crippen molar-refractivity contribution >= 4 is 11.9 Å². The lowest BCUT2D eigenvalue weighted by molar-refractivity contribution is -0.756. The standard InChI is InChI=1S/C23H43N3O2/c1-2-3-4-5-6-7-8-9-10-11-12-13-14-15-16-17-22-25-19-21-26(22,20-18-24)23(27)28/h16-17H,2-15,18-21,24H2,1H3/p+1. The SMILES string of the molecule is CCCCCCCCCCCCCCCC=CC1=NCC[N+]1(CCN)C(=O)O. The minimum absolute atomic E-state index is 0.106. The molecule has 0 aromatic rings. The fourth-order valence-corrected chi connectivity index (χ4v) is 3.99. The van der Waals surface area contributed by atoms with Crippen LogP contribution in [0.4, 0.5) is 4.79 Å². The summed E-state index contributed by atoms with van der Waals surface area (Å²) in [7, 11) is 0. The molecule has 1 atom stereocenters. The molecule has 0 radical (unpaired) electrons. The van der Waals surface area contributed by atoms with E-state index in [1.165, 1.54) is 83.5 Å². The third-order valence-electron chi connectivity index (χ3n) is 5.81. The molecule has 1 unspecified atom stereocenters. The first-order valence-electron chi connectivity index (χ1n) is 11.7. The van der Waals surface area contributed by atoms with Crippen LogP contribution >= 0.6 is 0 Å². The van der Waals surface area contributed by atoms with Gasteiger partial charge < -0.3 is 10.8 Å². The second-order valence-corrected chi connectivity index (χ2v) is 8.16. The van der Waals surface area contributed by atoms with Crippen LogP contribution in [0.1, 0.15) is 96.8 Å². The van der Waals surface area contributed by atoms with Crippen molar-refractivity contribution in [2.45, 2.75) is 96.8 Å². The van der Waals surface area contributed by atoms with Crippen molar-refractivity contribution in [1.29, 1.82) is 0 Å². The van der Waals surface area contributed by atoms with E-state index in [1.807, 2.05) is 6.08 Å². The van der Waals surface area contributed by atoms with Gasteiger partial charge in [-0.1, -0.05) is 90.0 Å². The molecule has 0 saturated heterocycles. The number of amidine groups is 1. The largest absolute Gasteiger partial charge is 0.520 e. The first kappa shape index (κ1) is 24.8. The van der Waals surface area contributed by atoms with Gasteiger partial charge in [-0.25, -0.2) is 4.99 Å². The number of nitrogens with zero attached hydrogens (tertiary/aromatic N) is 2. The lowest BCUT2D eigenvalue weighted by Gasteiger charge is -2.26. The molecule has 1 rings (SSSR count). The molecule has 0 aliphatic carbocycles. The number of carbonyl (C=O) groups is 1. The number of hydrogen-bond donors (Lipinski definition) is 2. The van der Waals surface area contributed by atoms with E-state index in [1.54, 1.807) is 0 Å². The molecular weight excluding hydrogens is 350 g/mol. The van der Waals surface area contributed by atoms with E-state index in [2.05, 4.69) is 18.0 Å². The van der Waals surface area contributed by atoms with Crippen LogP contribution in [-0.4, -0.2) is 47.7 Å². The van der Waals surface area contributed by atoms with Crippen LogP contribution in [0.2, 0.25) is 0 Å². The Labute approximate surface area is 172 Å². The third kappa shape index (κ3) is 9.33. The van der Waals surface area contributed by atoms with E-state index >= 15 is 0 Å². The highest BCUT2D eigenvalue weighted by Gasteiger charge is 2.44. The molecule has 1 aliphatic heterocycles. The predicted octanol–water partition coefficient (Wildman–Crippen LogP) is 5.89. The van der Waals surface area contributed by atoms with E-state index in [0.717, 1.165) is 6.42 Å². The Hall–Kier alpha value is -1.20. The van der Waals surface area contributed by atoms with Crippen LogP contribution in [0.15, 0.2) is 17.1 Å². The summed E-state index contributed by atoms with van der Waals surface area (Å²) in [6.07, 6.45) is 21.8. The minimum Gasteiger partial charge on any atom is -0.435 e. The van der Waals surface area contributed by atoms with Crippen molar-refractivity contribution in [2.75, 3.05) is 26.2 Å². The highest BCUT2D eigenvalue weighted by Crippen LogP contribution is 2.17. The Bertz CT molecular complexity index is 476. The quantitative estimate of drug-likeness (QED) is 0.238. The van der Waals surface area contributed by atoms with Crippen molar-refractivity contribution in [3.05, 3.63) is 12.2 Å². The molecule has 0 saturated carbocycles. The third-order valence-corrected chi connectivity index (χ3v) is 5.81. The van der Waals surface area contributed by atoms with Crippen molar-refractivity contribution in [3.8, 4) is 0 Å². The molecule has 28 heavy (non-hydrogen) atoms. The van der Waals surface area contributed by atoms with Crippen LogP contribution in [0.5, 0.6) is 0 Å². The summed E-state index contributed by atoms with van der Waals surface area (Å²) in [5.41, 5.74) is 5.62. The fourth-order valence-electron chi connectivity index (χ4n) is 3.99. The second-order valence-electron chi connectivity index (χ2n) is 8.16. The zero-order chi connectivity index (χ0) is 20.5. The van der Waals surface area contributed by atoms with Crippen molar-refractivity contribution in [1.82, 2.24) is 0 Å². The normalized spacial score (nSPS) is 19.4. The first-order chi connectivity index (χ1) is 13.7. The number of amides is 1. The highest BCUT2D eigenvalue weighted by molar-refractivity contribution is 5.94. The maximum Gasteiger partial charge on any atom is 0.520 e. The summed E-state index contributed by atoms with van der Waals surface area (Å²) < 4.78 is -0.106. The van der Waals surface area contributed by atoms with Gasteiger partial charge in [-0.15, -0.1) is 0 Å². The number of aliphatic imine (C=N–C) groups is 1. The molecule has 0 bridgehead atoms. The Morgan fingerprint density at radius 1 is 1.00 bits per heavy atom. The topological polar surface area (TPSA) is 75.7 Å². The molecule has 0 spiro atoms. The molecule has 0 aromatic heterocycles. The van der Waals surface area contributed by atoms with Gasteiger partial charge in [0.1, 0.15) is 13.1 Å². The van der Waals surface area contributed by atoms with E-state index in [0.29, 0.717) is 32.0 Å². The number of allylic oxidation sites excluding steroid dienone is 1. The number of unbranched alkanes of at least 4 members (excludes halogenated alkanes) is 13. The van der Waals surface area contributed by atoms with E-state index < -0.39 is 6.09 Å². The first-order valence-corrected chi connectivity index (χ1v) is 11.7. The number of hydrogen-bond acceptors (Lipinski definition) is 3. The summed E-state index contributed by atoms with van der Waals surface area (Å²) in [4.78, 5) is 16.1. The van der Waals surface area contributed by atoms with Crippen LogP contribution in [0, 0.1) is 0 Å². The fraction of sp³-hybridized carbons (Fsp3) is 0.826. The molecular formula is C23H44N3O2+. The van der Waals surface area contributed by atoms with Gasteiger partial charge in [0.05, 0.1) is 6.54 Å². The molecule has 0 fully saturated rings. The second kappa shape index (κ2) is 15.7. The number of rotatable bonds is 17. The average molecular weight is 395 g/mol. The lowest BCUT2D eigenvalue weighted by atomic mass is 10.0. The Morgan fingerprint density at radius 3 is 2.04 bits per heavy atom. The molecule has 162 valence electrons. The summed E-state index contributed by atoms with van der Waals surface area (Å²) in [6.45, 7) is 4.14. The van der Waals surface area contributed by atoms with Crippen LogP contribution in [-0.2, 0) is 0 Å². The maximum absolute atomic E-state index is 11.7. The summed E-state index contributed by atoms with van der Waals surface area (Å²) >= 11 is 0. The zero-order valence-corrected chi connectivity index (χ0v) is 18.2. The summed E-state index contributed by atoms with van der Waals surface area (Å²) in [6, 6.07) is 0. The van der Waals surface area contributed by atoms with Gasteiger partial charge in [0.25, 0.3) is 0 Å². The highest BCUT2D eigenvalue weighted by atomic mass is 16.4. The molecule has 1 amide bonds. The van der Waals surface area contributed by atoms with Gasteiger partial charge >= 0.3 is 6.09 Å². The molecule has 3 N–H and O–H groups in total. The van der Waals surface area contributed by atoms with Gasteiger partial charge in [0.15, 0.2) is 0 Å². The Morgan fingerprint density at radius 2 is 1.54 bits per heavy atom. The van der Waals surface area contributed by atoms with Gasteiger partial charge in [-0.05, 0) is 12.8 Å². The predicted molar refractivity (Wildman–Crippen MR) is 119 cm³/mol. The Kier molecular flexibility index (Phi) is 13.9. The molecule has 5 nitrogen and oxygen atoms in total. The van der Waals surface area contributed by atoms with Crippen molar-refractivity contribution in [2.24, 2.45) is 10.7 Å². The van der Waals surface area contributed by atoms with Gasteiger partial charge in [0.2, 0.25) is 5.84 Å². The lowest BCUT2D eigenvalue weighted by Crippen LogP contribution is -2.56. The van der Waals surface area contributed by atoms with Gasteiger partial charge in [0, 0.05) is 12.6 Å². The van der Waals surface area contributed by atoms with E-state index in [4.69, 9.17) is 5.73 Å². The summed E-state index contributed by atoms with van der Waals surface area (Å²) in [5, 5.41) is 9.59. The zero-order valence-electron chi connectivity index (χ0n) is 18.2. The smallest absolute Gasteiger partial charge is 0.435 e. The molecule has 1 aliphatic rings.